The normalized spacial score (nSPS) is 20.1. The quantitative estimate of drug-likeness (QED) is 0.380. The number of rotatable bonds is 8. The number of likely N-dealkylation sites (N-methyl/N-ethyl adjacent to an activating group) is 1. The van der Waals surface area contributed by atoms with Crippen LogP contribution >= 0.6 is 0 Å². The van der Waals surface area contributed by atoms with E-state index < -0.39 is 0 Å². The van der Waals surface area contributed by atoms with Gasteiger partial charge in [0.25, 0.3) is 0 Å². The Morgan fingerprint density at radius 1 is 1.11 bits per heavy atom. The maximum absolute atomic E-state index is 12.6. The van der Waals surface area contributed by atoms with E-state index in [0.717, 1.165) is 53.1 Å². The number of nitrogens with one attached hydrogen (secondary N) is 1. The summed E-state index contributed by atoms with van der Waals surface area (Å²) in [5, 5.41) is 14.4. The molecule has 3 aromatic rings. The summed E-state index contributed by atoms with van der Waals surface area (Å²) in [4.78, 5) is 47.6. The maximum Gasteiger partial charge on any atom is 0.318 e. The van der Waals surface area contributed by atoms with E-state index in [0.29, 0.717) is 63.6 Å². The smallest absolute Gasteiger partial charge is 0.318 e. The fraction of sp³-hybridized carbons (Fsp3) is 0.455. The molecule has 2 fully saturated rings. The van der Waals surface area contributed by atoms with Crippen molar-refractivity contribution in [3.8, 4) is 12.1 Å². The number of pyridine rings is 1. The van der Waals surface area contributed by atoms with Gasteiger partial charge in [-0.25, -0.2) is 4.98 Å². The van der Waals surface area contributed by atoms with Crippen LogP contribution in [0.1, 0.15) is 37.4 Å². The Hall–Kier alpha value is -4.76. The molecule has 12 nitrogen and oxygen atoms in total. The van der Waals surface area contributed by atoms with Gasteiger partial charge in [-0.3, -0.25) is 9.59 Å². The van der Waals surface area contributed by atoms with Gasteiger partial charge in [-0.1, -0.05) is 30.8 Å². The van der Waals surface area contributed by atoms with Gasteiger partial charge in [-0.2, -0.15) is 15.2 Å². The van der Waals surface area contributed by atoms with Crippen LogP contribution in [0.2, 0.25) is 0 Å². The molecular formula is C33H39N9O3. The number of hydrogen-bond donors (Lipinski definition) is 1. The molecule has 0 unspecified atom stereocenters. The van der Waals surface area contributed by atoms with Gasteiger partial charge < -0.3 is 29.7 Å². The van der Waals surface area contributed by atoms with Crippen molar-refractivity contribution in [2.45, 2.75) is 51.2 Å². The van der Waals surface area contributed by atoms with Crippen molar-refractivity contribution in [3.05, 3.63) is 54.2 Å². The molecule has 1 aromatic carbocycles. The molecule has 3 aliphatic heterocycles. The summed E-state index contributed by atoms with van der Waals surface area (Å²) < 4.78 is 6.28. The summed E-state index contributed by atoms with van der Waals surface area (Å²) in [6, 6.07) is 12.5. The summed E-state index contributed by atoms with van der Waals surface area (Å²) in [5.74, 6) is 1.74. The topological polar surface area (TPSA) is 131 Å². The lowest BCUT2D eigenvalue weighted by Gasteiger charge is -2.42. The molecule has 2 amide bonds. The minimum Gasteiger partial charge on any atom is -0.462 e. The number of carbonyl (C=O) groups is 2. The van der Waals surface area contributed by atoms with Crippen molar-refractivity contribution in [2.75, 3.05) is 61.5 Å². The molecule has 0 saturated carbocycles. The second-order valence-corrected chi connectivity index (χ2v) is 11.9. The molecule has 6 rings (SSSR count). The van der Waals surface area contributed by atoms with Crippen molar-refractivity contribution in [1.29, 1.82) is 5.26 Å². The Labute approximate surface area is 263 Å². The number of anilines is 3. The zero-order valence-electron chi connectivity index (χ0n) is 25.9. The summed E-state index contributed by atoms with van der Waals surface area (Å²) in [6.07, 6.45) is 4.41. The van der Waals surface area contributed by atoms with Crippen LogP contribution in [-0.4, -0.2) is 95.0 Å². The first-order valence-corrected chi connectivity index (χ1v) is 15.5. The first-order valence-electron chi connectivity index (χ1n) is 15.5. The molecule has 2 atom stereocenters. The summed E-state index contributed by atoms with van der Waals surface area (Å²) >= 11 is 0. The van der Waals surface area contributed by atoms with Crippen molar-refractivity contribution in [3.63, 3.8) is 0 Å². The van der Waals surface area contributed by atoms with Crippen molar-refractivity contribution >= 4 is 40.0 Å². The molecular weight excluding hydrogens is 570 g/mol. The van der Waals surface area contributed by atoms with Crippen molar-refractivity contribution in [2.24, 2.45) is 0 Å². The molecule has 12 heteroatoms. The van der Waals surface area contributed by atoms with E-state index in [1.807, 2.05) is 30.3 Å². The number of aromatic nitrogens is 3. The second kappa shape index (κ2) is 13.1. The molecule has 0 spiro atoms. The highest BCUT2D eigenvalue weighted by Crippen LogP contribution is 2.35. The number of piperazine rings is 1. The van der Waals surface area contributed by atoms with E-state index in [1.165, 1.54) is 13.0 Å². The van der Waals surface area contributed by atoms with Crippen LogP contribution in [0.4, 0.5) is 17.5 Å². The molecule has 2 aromatic heterocycles. The van der Waals surface area contributed by atoms with E-state index in [-0.39, 0.29) is 24.3 Å². The lowest BCUT2D eigenvalue weighted by Crippen LogP contribution is -2.55. The molecule has 0 radical (unpaired) electrons. The first kappa shape index (κ1) is 30.3. The average Bonchev–Trinajstić information content (AvgIpc) is 3.46. The van der Waals surface area contributed by atoms with E-state index in [2.05, 4.69) is 39.7 Å². The standard InChI is InChI=1S/C33H39N9O3/c1-4-30(44)42-17-16-41(19-24(42)11-13-34)32-27-12-15-40(20-28(27)36-33(38-32)45-21-25-9-7-14-39(25)3)31-26-10-6-5-8-23(26)18-29(37-31)35-22(2)43/h4-6,8,10,18,24-25H,1,7,9,11-12,14-17,19-21H2,2-3H3,(H,35,37,43)/t24-,25-/m0/s1. The van der Waals surface area contributed by atoms with Gasteiger partial charge in [0.05, 0.1) is 30.8 Å². The summed E-state index contributed by atoms with van der Waals surface area (Å²) in [6.45, 7) is 9.36. The van der Waals surface area contributed by atoms with Crippen LogP contribution in [0.5, 0.6) is 6.01 Å². The largest absolute Gasteiger partial charge is 0.462 e. The maximum atomic E-state index is 12.6. The third-order valence-corrected chi connectivity index (χ3v) is 8.99. The third kappa shape index (κ3) is 6.40. The van der Waals surface area contributed by atoms with E-state index in [9.17, 15) is 14.9 Å². The minimum atomic E-state index is -0.274. The zero-order chi connectivity index (χ0) is 31.5. The highest BCUT2D eigenvalue weighted by Gasteiger charge is 2.34. The molecule has 1 N–H and O–H groups in total. The highest BCUT2D eigenvalue weighted by molar-refractivity contribution is 5.97. The third-order valence-electron chi connectivity index (χ3n) is 8.99. The number of nitrogens with zero attached hydrogens (tertiary/aromatic N) is 8. The summed E-state index contributed by atoms with van der Waals surface area (Å²) in [7, 11) is 2.11. The molecule has 2 saturated heterocycles. The van der Waals surface area contributed by atoms with Crippen LogP contribution in [-0.2, 0) is 22.6 Å². The highest BCUT2D eigenvalue weighted by atomic mass is 16.5. The molecule has 3 aliphatic rings. The number of fused-ring (bicyclic) bond motifs is 2. The lowest BCUT2D eigenvalue weighted by molar-refractivity contribution is -0.128. The number of likely N-dealkylation sites (tertiary alicyclic amines) is 1. The molecule has 5 heterocycles. The fourth-order valence-corrected chi connectivity index (χ4v) is 6.66. The number of hydrogen-bond acceptors (Lipinski definition) is 10. The molecule has 234 valence electrons. The molecule has 0 aliphatic carbocycles. The Morgan fingerprint density at radius 2 is 1.96 bits per heavy atom. The predicted molar refractivity (Wildman–Crippen MR) is 172 cm³/mol. The van der Waals surface area contributed by atoms with Crippen LogP contribution in [0.15, 0.2) is 43.0 Å². The number of nitriles is 1. The van der Waals surface area contributed by atoms with Crippen LogP contribution in [0.3, 0.4) is 0 Å². The number of benzene rings is 1. The van der Waals surface area contributed by atoms with Crippen LogP contribution in [0.25, 0.3) is 10.8 Å². The average molecular weight is 610 g/mol. The summed E-state index contributed by atoms with van der Waals surface area (Å²) in [5.41, 5.74) is 1.90. The predicted octanol–water partition coefficient (Wildman–Crippen LogP) is 3.14. The van der Waals surface area contributed by atoms with E-state index in [1.54, 1.807) is 4.90 Å². The van der Waals surface area contributed by atoms with Gasteiger partial charge in [-0.05, 0) is 50.4 Å². The Balaban J connectivity index is 1.35. The Bertz CT molecular complexity index is 1650. The molecule has 45 heavy (non-hydrogen) atoms. The Kier molecular flexibility index (Phi) is 8.80. The van der Waals surface area contributed by atoms with Gasteiger partial charge in [0, 0.05) is 50.1 Å². The SMILES string of the molecule is C=CC(=O)N1CCN(c2nc(OC[C@@H]3CCCN3C)nc3c2CCN(c2nc(NC(C)=O)cc4ccccc24)C3)C[C@@H]1CC#N. The Morgan fingerprint density at radius 3 is 2.71 bits per heavy atom. The van der Waals surface area contributed by atoms with Crippen LogP contribution in [0, 0.1) is 11.3 Å². The van der Waals surface area contributed by atoms with Crippen LogP contribution < -0.4 is 19.9 Å². The lowest BCUT2D eigenvalue weighted by atomic mass is 10.0. The van der Waals surface area contributed by atoms with Crippen molar-refractivity contribution < 1.29 is 14.3 Å². The van der Waals surface area contributed by atoms with Gasteiger partial charge in [0.15, 0.2) is 0 Å². The van der Waals surface area contributed by atoms with E-state index >= 15 is 0 Å². The van der Waals surface area contributed by atoms with Gasteiger partial charge in [0.2, 0.25) is 11.8 Å². The van der Waals surface area contributed by atoms with Gasteiger partial charge in [0.1, 0.15) is 24.1 Å². The second-order valence-electron chi connectivity index (χ2n) is 11.9. The van der Waals surface area contributed by atoms with Crippen molar-refractivity contribution in [1.82, 2.24) is 24.8 Å². The zero-order valence-corrected chi connectivity index (χ0v) is 25.9. The first-order chi connectivity index (χ1) is 21.8. The fourth-order valence-electron chi connectivity index (χ4n) is 6.66. The van der Waals surface area contributed by atoms with E-state index in [4.69, 9.17) is 19.7 Å². The number of ether oxygens (including phenoxy) is 1. The monoisotopic (exact) mass is 609 g/mol. The minimum absolute atomic E-state index is 0.166. The number of carbonyl (C=O) groups excluding carboxylic acids is 2. The van der Waals surface area contributed by atoms with Gasteiger partial charge >= 0.3 is 6.01 Å². The molecule has 0 bridgehead atoms. The number of amides is 2. The van der Waals surface area contributed by atoms with Gasteiger partial charge in [-0.15, -0.1) is 0 Å².